The van der Waals surface area contributed by atoms with Crippen LogP contribution in [0, 0.1) is 6.92 Å². The summed E-state index contributed by atoms with van der Waals surface area (Å²) in [5.74, 6) is -0.0466. The minimum absolute atomic E-state index is 0.177. The van der Waals surface area contributed by atoms with Gasteiger partial charge in [0.1, 0.15) is 19.7 Å². The summed E-state index contributed by atoms with van der Waals surface area (Å²) in [5, 5.41) is 13.4. The molecule has 156 valence electrons. The molecule has 6 heteroatoms. The van der Waals surface area contributed by atoms with Crippen LogP contribution in [0.2, 0.25) is 5.02 Å². The lowest BCUT2D eigenvalue weighted by Crippen LogP contribution is -2.80. The van der Waals surface area contributed by atoms with Crippen LogP contribution in [-0.4, -0.2) is 13.1 Å². The first-order valence-electron chi connectivity index (χ1n) is 9.63. The molecule has 0 spiro atoms. The number of benzene rings is 3. The zero-order valence-corrected chi connectivity index (χ0v) is 17.7. The van der Waals surface area contributed by atoms with Gasteiger partial charge in [-0.05, 0) is 30.2 Å². The van der Waals surface area contributed by atoms with Gasteiger partial charge >= 0.3 is 0 Å². The van der Waals surface area contributed by atoms with E-state index in [0.717, 1.165) is 16.7 Å². The summed E-state index contributed by atoms with van der Waals surface area (Å²) in [4.78, 5) is 10.8. The van der Waals surface area contributed by atoms with E-state index in [1.807, 2.05) is 43.3 Å². The van der Waals surface area contributed by atoms with E-state index >= 15 is 0 Å². The topological polar surface area (TPSA) is 75.2 Å². The average molecular weight is 426 g/mol. The number of carbonyl (C=O) groups is 1. The monoisotopic (exact) mass is 425 g/mol. The lowest BCUT2D eigenvalue weighted by Gasteiger charge is -2.14. The van der Waals surface area contributed by atoms with Crippen molar-refractivity contribution < 1.29 is 24.7 Å². The summed E-state index contributed by atoms with van der Waals surface area (Å²) >= 11 is 6.47. The number of aryl methyl sites for hydroxylation is 1. The predicted octanol–water partition coefficient (Wildman–Crippen LogP) is 2.86. The fourth-order valence-electron chi connectivity index (χ4n) is 3.05. The third-order valence-electron chi connectivity index (χ3n) is 4.74. The number of hydrogen-bond acceptors (Lipinski definition) is 4. The number of carboxylic acid groups (broad SMARTS) is 1. The Kier molecular flexibility index (Phi) is 7.33. The second-order valence-electron chi connectivity index (χ2n) is 7.06. The van der Waals surface area contributed by atoms with Crippen molar-refractivity contribution in [1.82, 2.24) is 0 Å². The number of aromatic carboxylic acids is 1. The summed E-state index contributed by atoms with van der Waals surface area (Å²) in [5.41, 5.74) is 4.46. The predicted molar refractivity (Wildman–Crippen MR) is 114 cm³/mol. The van der Waals surface area contributed by atoms with Crippen molar-refractivity contribution >= 4 is 17.6 Å². The van der Waals surface area contributed by atoms with E-state index in [-0.39, 0.29) is 5.56 Å². The maximum absolute atomic E-state index is 10.8. The Morgan fingerprint density at radius 1 is 0.967 bits per heavy atom. The van der Waals surface area contributed by atoms with Crippen molar-refractivity contribution in [1.29, 1.82) is 0 Å². The van der Waals surface area contributed by atoms with Gasteiger partial charge in [0, 0.05) is 11.1 Å². The number of halogens is 1. The molecule has 5 nitrogen and oxygen atoms in total. The number of ether oxygens (including phenoxy) is 2. The minimum Gasteiger partial charge on any atom is -0.545 e. The second-order valence-corrected chi connectivity index (χ2v) is 7.47. The molecule has 30 heavy (non-hydrogen) atoms. The lowest BCUT2D eigenvalue weighted by molar-refractivity contribution is -0.686. The van der Waals surface area contributed by atoms with Gasteiger partial charge in [0.2, 0.25) is 0 Å². The van der Waals surface area contributed by atoms with Crippen molar-refractivity contribution in [3.63, 3.8) is 0 Å². The van der Waals surface area contributed by atoms with Crippen LogP contribution >= 0.6 is 11.6 Å². The third-order valence-corrected chi connectivity index (χ3v) is 5.02. The molecule has 0 saturated carbocycles. The van der Waals surface area contributed by atoms with Gasteiger partial charge in [-0.1, -0.05) is 65.7 Å². The number of quaternary nitrogens is 1. The fourth-order valence-corrected chi connectivity index (χ4v) is 3.34. The largest absolute Gasteiger partial charge is 0.545 e. The Hall–Kier alpha value is -3.02. The molecular weight excluding hydrogens is 402 g/mol. The summed E-state index contributed by atoms with van der Waals surface area (Å²) in [6, 6.07) is 18.6. The molecule has 0 saturated heterocycles. The number of carbonyl (C=O) groups excluding carboxylic acids is 1. The average Bonchev–Trinajstić information content (AvgIpc) is 2.74. The molecule has 0 amide bonds. The van der Waals surface area contributed by atoms with Gasteiger partial charge in [-0.2, -0.15) is 0 Å². The first-order valence-corrected chi connectivity index (χ1v) is 10.0. The molecule has 2 N–H and O–H groups in total. The van der Waals surface area contributed by atoms with Gasteiger partial charge < -0.3 is 24.7 Å². The van der Waals surface area contributed by atoms with Crippen LogP contribution < -0.4 is 19.9 Å². The van der Waals surface area contributed by atoms with Crippen molar-refractivity contribution in [2.75, 3.05) is 7.11 Å². The molecule has 0 radical (unpaired) electrons. The second kappa shape index (κ2) is 10.1. The number of rotatable bonds is 9. The molecule has 0 aliphatic rings. The zero-order valence-electron chi connectivity index (χ0n) is 17.0. The number of carboxylic acids is 1. The first-order chi connectivity index (χ1) is 14.5. The minimum atomic E-state index is -1.17. The quantitative estimate of drug-likeness (QED) is 0.572. The SMILES string of the molecule is COc1cc(C[NH2+]Cc2ccc(C(=O)[O-])cc2)cc(Cl)c1OCc1ccc(C)cc1. The summed E-state index contributed by atoms with van der Waals surface area (Å²) in [7, 11) is 1.59. The van der Waals surface area contributed by atoms with Gasteiger partial charge in [0.15, 0.2) is 11.5 Å². The van der Waals surface area contributed by atoms with Crippen LogP contribution in [0.3, 0.4) is 0 Å². The van der Waals surface area contributed by atoms with E-state index in [9.17, 15) is 9.90 Å². The molecule has 0 aliphatic carbocycles. The van der Waals surface area contributed by atoms with E-state index in [2.05, 4.69) is 5.32 Å². The highest BCUT2D eigenvalue weighted by Crippen LogP contribution is 2.36. The van der Waals surface area contributed by atoms with Crippen LogP contribution in [0.15, 0.2) is 60.7 Å². The summed E-state index contributed by atoms with van der Waals surface area (Å²) < 4.78 is 11.4. The molecule has 3 rings (SSSR count). The van der Waals surface area contributed by atoms with Crippen LogP contribution in [0.4, 0.5) is 0 Å². The van der Waals surface area contributed by atoms with Gasteiger partial charge in [0.25, 0.3) is 0 Å². The standard InChI is InChI=1S/C24H24ClNO4/c1-16-3-5-18(6-4-16)15-30-23-21(25)11-19(12-22(23)29-2)14-26-13-17-7-9-20(10-8-17)24(27)28/h3-12,26H,13-15H2,1-2H3,(H,27,28). The van der Waals surface area contributed by atoms with Gasteiger partial charge in [0.05, 0.1) is 18.1 Å². The highest BCUT2D eigenvalue weighted by Gasteiger charge is 2.13. The molecule has 0 fully saturated rings. The van der Waals surface area contributed by atoms with Crippen LogP contribution in [0.5, 0.6) is 11.5 Å². The van der Waals surface area contributed by atoms with Crippen molar-refractivity contribution in [2.24, 2.45) is 0 Å². The van der Waals surface area contributed by atoms with Crippen molar-refractivity contribution in [3.8, 4) is 11.5 Å². The zero-order chi connectivity index (χ0) is 21.5. The Morgan fingerprint density at radius 2 is 1.60 bits per heavy atom. The Labute approximate surface area is 181 Å². The van der Waals surface area contributed by atoms with Crippen LogP contribution in [0.1, 0.15) is 32.6 Å². The van der Waals surface area contributed by atoms with Crippen LogP contribution in [-0.2, 0) is 19.7 Å². The molecule has 0 heterocycles. The molecular formula is C24H24ClNO4. The maximum Gasteiger partial charge on any atom is 0.180 e. The number of nitrogens with two attached hydrogens (primary N) is 1. The molecule has 0 atom stereocenters. The van der Waals surface area contributed by atoms with E-state index in [1.165, 1.54) is 5.56 Å². The van der Waals surface area contributed by atoms with E-state index in [4.69, 9.17) is 21.1 Å². The van der Waals surface area contributed by atoms with Crippen molar-refractivity contribution in [2.45, 2.75) is 26.6 Å². The third kappa shape index (κ3) is 5.75. The summed E-state index contributed by atoms with van der Waals surface area (Å²) in [6.07, 6.45) is 0. The molecule has 3 aromatic carbocycles. The van der Waals surface area contributed by atoms with Gasteiger partial charge in [-0.15, -0.1) is 0 Å². The van der Waals surface area contributed by atoms with Gasteiger partial charge in [-0.25, -0.2) is 0 Å². The molecule has 3 aromatic rings. The fraction of sp³-hybridized carbons (Fsp3) is 0.208. The number of methoxy groups -OCH3 is 1. The van der Waals surface area contributed by atoms with E-state index in [0.29, 0.717) is 36.2 Å². The Morgan fingerprint density at radius 3 is 2.23 bits per heavy atom. The highest BCUT2D eigenvalue weighted by atomic mass is 35.5. The molecule has 0 aliphatic heterocycles. The normalized spacial score (nSPS) is 10.6. The smallest absolute Gasteiger partial charge is 0.180 e. The van der Waals surface area contributed by atoms with E-state index in [1.54, 1.807) is 31.4 Å². The lowest BCUT2D eigenvalue weighted by atomic mass is 10.1. The Bertz CT molecular complexity index is 1000. The highest BCUT2D eigenvalue weighted by molar-refractivity contribution is 6.32. The molecule has 0 unspecified atom stereocenters. The van der Waals surface area contributed by atoms with Gasteiger partial charge in [-0.3, -0.25) is 0 Å². The molecule has 0 aromatic heterocycles. The summed E-state index contributed by atoms with van der Waals surface area (Å²) in [6.45, 7) is 3.85. The van der Waals surface area contributed by atoms with Crippen molar-refractivity contribution in [3.05, 3.63) is 93.5 Å². The first kappa shape index (κ1) is 21.7. The Balaban J connectivity index is 1.61. The van der Waals surface area contributed by atoms with Crippen LogP contribution in [0.25, 0.3) is 0 Å². The maximum atomic E-state index is 10.8. The van der Waals surface area contributed by atoms with E-state index < -0.39 is 5.97 Å². The molecule has 0 bridgehead atoms. The number of hydrogen-bond donors (Lipinski definition) is 1.